The molecule has 1 aromatic carbocycles. The molecule has 1 unspecified atom stereocenters. The number of hydrogen-bond acceptors (Lipinski definition) is 5. The first kappa shape index (κ1) is 29.8. The molecule has 3 aliphatic rings. The zero-order valence-corrected chi connectivity index (χ0v) is 19.5. The van der Waals surface area contributed by atoms with Crippen molar-refractivity contribution in [2.75, 3.05) is 13.1 Å². The number of aliphatic imine (C=N–C) groups is 2. The van der Waals surface area contributed by atoms with Crippen LogP contribution >= 0.6 is 0 Å². The van der Waals surface area contributed by atoms with E-state index in [1.54, 1.807) is 4.90 Å². The summed E-state index contributed by atoms with van der Waals surface area (Å²) >= 11 is 0. The molecule has 1 fully saturated rings. The highest BCUT2D eigenvalue weighted by molar-refractivity contribution is 5.99. The quantitative estimate of drug-likeness (QED) is 0.409. The summed E-state index contributed by atoms with van der Waals surface area (Å²) in [5.74, 6) is 0.0181. The predicted octanol–water partition coefficient (Wildman–Crippen LogP) is 4.76. The van der Waals surface area contributed by atoms with E-state index in [2.05, 4.69) is 27.5 Å². The number of amides is 1. The van der Waals surface area contributed by atoms with Gasteiger partial charge in [-0.15, -0.1) is 0 Å². The maximum atomic E-state index is 13.4. The fourth-order valence-electron chi connectivity index (χ4n) is 4.15. The molecule has 3 heterocycles. The van der Waals surface area contributed by atoms with Gasteiger partial charge in [0, 0.05) is 42.0 Å². The summed E-state index contributed by atoms with van der Waals surface area (Å²) < 4.78 is 26.8. The van der Waals surface area contributed by atoms with Gasteiger partial charge in [0.25, 0.3) is 12.3 Å². The number of allylic oxidation sites excluding steroid dienone is 1. The van der Waals surface area contributed by atoms with Crippen molar-refractivity contribution in [3.63, 3.8) is 0 Å². The number of rotatable bonds is 5. The summed E-state index contributed by atoms with van der Waals surface area (Å²) in [6.07, 6.45) is 1.51. The molecule has 1 amide bonds. The van der Waals surface area contributed by atoms with Crippen molar-refractivity contribution in [1.29, 1.82) is 0 Å². The number of nitrogens with one attached hydrogen (secondary N) is 2. The number of nitrogens with zero attached hydrogens (tertiary/aromatic N) is 3. The lowest BCUT2D eigenvalue weighted by Gasteiger charge is -2.39. The van der Waals surface area contributed by atoms with Crippen molar-refractivity contribution in [1.82, 2.24) is 15.5 Å². The highest BCUT2D eigenvalue weighted by atomic mass is 19.3. The van der Waals surface area contributed by atoms with Crippen molar-refractivity contribution in [3.05, 3.63) is 52.9 Å². The van der Waals surface area contributed by atoms with Crippen LogP contribution in [0.25, 0.3) is 5.70 Å². The van der Waals surface area contributed by atoms with Crippen LogP contribution in [0.4, 0.5) is 8.78 Å². The molecule has 0 saturated carbocycles. The average Bonchev–Trinajstić information content (AvgIpc) is 3.65. The van der Waals surface area contributed by atoms with Crippen LogP contribution in [0.3, 0.4) is 0 Å². The van der Waals surface area contributed by atoms with Crippen molar-refractivity contribution in [3.8, 4) is 0 Å². The lowest BCUT2D eigenvalue weighted by atomic mass is 9.83. The van der Waals surface area contributed by atoms with Gasteiger partial charge in [0.15, 0.2) is 0 Å². The van der Waals surface area contributed by atoms with Crippen molar-refractivity contribution in [2.45, 2.75) is 61.7 Å². The van der Waals surface area contributed by atoms with Gasteiger partial charge in [0.1, 0.15) is 5.71 Å². The molecule has 0 spiro atoms. The third kappa shape index (κ3) is 7.13. The first-order chi connectivity index (χ1) is 15.9. The topological polar surface area (TPSA) is 105 Å². The minimum atomic E-state index is -2.71. The van der Waals surface area contributed by atoms with Crippen LogP contribution in [0, 0.1) is 18.8 Å². The van der Waals surface area contributed by atoms with E-state index in [9.17, 15) is 13.6 Å². The molecule has 7 nitrogen and oxygen atoms in total. The highest BCUT2D eigenvalue weighted by Crippen LogP contribution is 2.31. The Labute approximate surface area is 208 Å². The zero-order valence-electron chi connectivity index (χ0n) is 19.5. The number of carbonyl (C=O) groups excluding carboxylic acids is 1. The molecular formula is C26H40F2N6O. The molecule has 3 aliphatic heterocycles. The summed E-state index contributed by atoms with van der Waals surface area (Å²) in [7, 11) is 0. The van der Waals surface area contributed by atoms with Gasteiger partial charge in [-0.1, -0.05) is 35.6 Å². The molecule has 0 aliphatic carbocycles. The summed E-state index contributed by atoms with van der Waals surface area (Å²) in [4.78, 5) is 22.9. The molecule has 194 valence electrons. The molecule has 0 aromatic heterocycles. The summed E-state index contributed by atoms with van der Waals surface area (Å²) in [5.41, 5.74) is 9.27. The number of benzene rings is 1. The number of hydrogen-bond donors (Lipinski definition) is 3. The maximum absolute atomic E-state index is 13.4. The predicted molar refractivity (Wildman–Crippen MR) is 141 cm³/mol. The normalized spacial score (nSPS) is 22.8. The number of likely N-dealkylation sites (tertiary alicyclic amines) is 1. The molecule has 0 radical (unpaired) electrons. The molecule has 1 saturated heterocycles. The number of piperidine rings is 1. The lowest BCUT2D eigenvalue weighted by Crippen LogP contribution is -2.47. The van der Waals surface area contributed by atoms with E-state index in [0.717, 1.165) is 29.6 Å². The van der Waals surface area contributed by atoms with E-state index in [4.69, 9.17) is 5.73 Å². The van der Waals surface area contributed by atoms with Gasteiger partial charge in [-0.3, -0.25) is 4.79 Å². The van der Waals surface area contributed by atoms with Gasteiger partial charge in [0.05, 0.1) is 12.0 Å². The second-order valence-electron chi connectivity index (χ2n) is 8.18. The number of halogens is 2. The molecule has 3 atom stereocenters. The highest BCUT2D eigenvalue weighted by Gasteiger charge is 2.34. The number of alkyl halides is 2. The Bertz CT molecular complexity index is 1000. The number of carbonyl (C=O) groups is 1. The van der Waals surface area contributed by atoms with Gasteiger partial charge >= 0.3 is 0 Å². The average molecular weight is 491 g/mol. The van der Waals surface area contributed by atoms with Gasteiger partial charge in [-0.2, -0.15) is 0 Å². The monoisotopic (exact) mass is 490 g/mol. The third-order valence-corrected chi connectivity index (χ3v) is 5.89. The van der Waals surface area contributed by atoms with Crippen molar-refractivity contribution >= 4 is 23.7 Å². The van der Waals surface area contributed by atoms with Crippen molar-refractivity contribution < 1.29 is 13.6 Å². The Balaban J connectivity index is 0.00000149. The fourth-order valence-corrected chi connectivity index (χ4v) is 4.15. The van der Waals surface area contributed by atoms with Crippen LogP contribution < -0.4 is 16.4 Å². The second kappa shape index (κ2) is 13.0. The number of aryl methyl sites for hydroxylation is 1. The van der Waals surface area contributed by atoms with Gasteiger partial charge < -0.3 is 21.3 Å². The standard InChI is InChI=1S/C22H26F2N6O.C2H6.2CH4/c1-12-5-14(19-9-26-19)7-15(6-12)21(31)30-4-3-13(2)16(10-30)17-8-18(20(23)24)29-22(28-17)27-11-25;1-2;;/h5-9,11,13,16,20,22,26,28H,3-4,10H2,1-2H3,(H2,25,27);1-2H3;2*1H4/t13-,16-,22?;;;/m1.../s1. The van der Waals surface area contributed by atoms with E-state index >= 15 is 0 Å². The van der Waals surface area contributed by atoms with Crippen LogP contribution in [-0.4, -0.2) is 48.7 Å². The van der Waals surface area contributed by atoms with Crippen LogP contribution in [0.5, 0.6) is 0 Å². The van der Waals surface area contributed by atoms with Crippen LogP contribution in [0.2, 0.25) is 0 Å². The van der Waals surface area contributed by atoms with E-state index < -0.39 is 12.7 Å². The molecule has 4 rings (SSSR count). The second-order valence-corrected chi connectivity index (χ2v) is 8.18. The van der Waals surface area contributed by atoms with Gasteiger partial charge in [0.2, 0.25) is 6.29 Å². The van der Waals surface area contributed by atoms with E-state index in [-0.39, 0.29) is 38.3 Å². The zero-order chi connectivity index (χ0) is 24.1. The summed E-state index contributed by atoms with van der Waals surface area (Å²) in [6.45, 7) is 9.08. The number of nitrogens with two attached hydrogens (primary N) is 1. The Morgan fingerprint density at radius 3 is 2.57 bits per heavy atom. The van der Waals surface area contributed by atoms with E-state index in [0.29, 0.717) is 24.4 Å². The summed E-state index contributed by atoms with van der Waals surface area (Å²) in [5, 5.41) is 6.15. The third-order valence-electron chi connectivity index (χ3n) is 5.89. The summed E-state index contributed by atoms with van der Waals surface area (Å²) in [6, 6.07) is 5.80. The molecular weight excluding hydrogens is 450 g/mol. The van der Waals surface area contributed by atoms with E-state index in [1.807, 2.05) is 45.2 Å². The minimum absolute atomic E-state index is 0. The first-order valence-corrected chi connectivity index (χ1v) is 11.3. The molecule has 35 heavy (non-hydrogen) atoms. The fraction of sp³-hybridized carbons (Fsp3) is 0.500. The van der Waals surface area contributed by atoms with Crippen LogP contribution in [-0.2, 0) is 0 Å². The lowest BCUT2D eigenvalue weighted by molar-refractivity contribution is 0.0635. The van der Waals surface area contributed by atoms with Crippen molar-refractivity contribution in [2.24, 2.45) is 27.6 Å². The molecule has 4 N–H and O–H groups in total. The van der Waals surface area contributed by atoms with Crippen LogP contribution in [0.15, 0.2) is 46.2 Å². The largest absolute Gasteiger partial charge is 0.390 e. The smallest absolute Gasteiger partial charge is 0.280 e. The Hall–Kier alpha value is -3.23. The Morgan fingerprint density at radius 2 is 1.97 bits per heavy atom. The Morgan fingerprint density at radius 1 is 1.29 bits per heavy atom. The molecule has 1 aromatic rings. The molecule has 9 heteroatoms. The van der Waals surface area contributed by atoms with E-state index in [1.165, 1.54) is 6.08 Å². The van der Waals surface area contributed by atoms with Crippen LogP contribution in [0.1, 0.15) is 63.5 Å². The Kier molecular flexibility index (Phi) is 11.1. The van der Waals surface area contributed by atoms with Gasteiger partial charge in [-0.25, -0.2) is 18.8 Å². The first-order valence-electron chi connectivity index (χ1n) is 11.3. The molecule has 0 bridgehead atoms. The van der Waals surface area contributed by atoms with Gasteiger partial charge in [-0.05, 0) is 49.1 Å². The minimum Gasteiger partial charge on any atom is -0.390 e. The maximum Gasteiger partial charge on any atom is 0.280 e. The SMILES string of the molecule is C.C.CC.Cc1cc(C(=O)N2CC[C@@H](C)[C@H](C3=CC(C(F)F)=NC(/N=C\N)N3)C2)cc(C2=CN2)c1.